The second-order valence-corrected chi connectivity index (χ2v) is 7.39. The van der Waals surface area contributed by atoms with Gasteiger partial charge in [0, 0.05) is 56.9 Å². The van der Waals surface area contributed by atoms with E-state index in [9.17, 15) is 9.18 Å². The minimum absolute atomic E-state index is 0.0304. The smallest absolute Gasteiger partial charge is 0.260 e. The summed E-state index contributed by atoms with van der Waals surface area (Å²) in [6, 6.07) is 5.70. The Morgan fingerprint density at radius 1 is 1.21 bits per heavy atom. The number of carbonyl (C=O) groups excluding carboxylic acids is 1. The number of hydrogen-bond acceptors (Lipinski definition) is 5. The fourth-order valence-electron chi connectivity index (χ4n) is 3.90. The van der Waals surface area contributed by atoms with Crippen LogP contribution in [0.3, 0.4) is 0 Å². The first-order valence-electron chi connectivity index (χ1n) is 10.2. The van der Waals surface area contributed by atoms with Crippen LogP contribution in [0.4, 0.5) is 4.39 Å². The van der Waals surface area contributed by atoms with Crippen LogP contribution in [0, 0.1) is 5.82 Å². The normalized spacial score (nSPS) is 17.2. The van der Waals surface area contributed by atoms with Gasteiger partial charge in [-0.05, 0) is 31.2 Å². The van der Waals surface area contributed by atoms with E-state index in [1.807, 2.05) is 4.90 Å². The van der Waals surface area contributed by atoms with Gasteiger partial charge in [0.05, 0.1) is 18.9 Å². The van der Waals surface area contributed by atoms with Crippen molar-refractivity contribution in [3.05, 3.63) is 47.0 Å². The summed E-state index contributed by atoms with van der Waals surface area (Å²) >= 11 is 0. The molecule has 2 aromatic rings. The molecule has 2 aliphatic heterocycles. The molecule has 1 aromatic heterocycles. The Kier molecular flexibility index (Phi) is 6.10. The van der Waals surface area contributed by atoms with Crippen LogP contribution in [-0.2, 0) is 35.6 Å². The third-order valence-corrected chi connectivity index (χ3v) is 5.55. The zero-order valence-electron chi connectivity index (χ0n) is 16.8. The molecule has 0 N–H and O–H groups in total. The van der Waals surface area contributed by atoms with Crippen molar-refractivity contribution in [3.63, 3.8) is 0 Å². The molecule has 29 heavy (non-hydrogen) atoms. The number of benzene rings is 1. The van der Waals surface area contributed by atoms with Crippen molar-refractivity contribution in [3.8, 4) is 5.75 Å². The zero-order valence-corrected chi connectivity index (χ0v) is 16.8. The molecular formula is C21H27FN4O3. The highest BCUT2D eigenvalue weighted by molar-refractivity contribution is 5.77. The largest absolute Gasteiger partial charge is 0.484 e. The van der Waals surface area contributed by atoms with Crippen LogP contribution in [0.5, 0.6) is 5.75 Å². The van der Waals surface area contributed by atoms with Gasteiger partial charge in [0.2, 0.25) is 0 Å². The van der Waals surface area contributed by atoms with Crippen LogP contribution in [0.1, 0.15) is 23.9 Å². The first kappa shape index (κ1) is 19.8. The maximum absolute atomic E-state index is 12.9. The molecule has 156 valence electrons. The second-order valence-electron chi connectivity index (χ2n) is 7.39. The average molecular weight is 402 g/mol. The number of rotatable bonds is 6. The molecule has 0 aliphatic carbocycles. The molecule has 0 spiro atoms. The van der Waals surface area contributed by atoms with E-state index in [-0.39, 0.29) is 18.3 Å². The average Bonchev–Trinajstić information content (AvgIpc) is 3.11. The van der Waals surface area contributed by atoms with Gasteiger partial charge in [-0.2, -0.15) is 5.10 Å². The Bertz CT molecular complexity index is 844. The maximum Gasteiger partial charge on any atom is 0.260 e. The number of halogens is 1. The first-order chi connectivity index (χ1) is 14.1. The van der Waals surface area contributed by atoms with Crippen molar-refractivity contribution in [1.29, 1.82) is 0 Å². The quantitative estimate of drug-likeness (QED) is 0.738. The highest BCUT2D eigenvalue weighted by Crippen LogP contribution is 2.22. The van der Waals surface area contributed by atoms with Crippen LogP contribution < -0.4 is 4.74 Å². The minimum atomic E-state index is -0.323. The number of carbonyl (C=O) groups is 1. The molecule has 0 atom stereocenters. The number of amides is 1. The monoisotopic (exact) mass is 402 g/mol. The van der Waals surface area contributed by atoms with Crippen LogP contribution in [0.25, 0.3) is 0 Å². The van der Waals surface area contributed by atoms with Crippen LogP contribution in [0.2, 0.25) is 0 Å². The number of nitrogens with zero attached hydrogens (tertiary/aromatic N) is 4. The number of hydrogen-bond donors (Lipinski definition) is 0. The van der Waals surface area contributed by atoms with Gasteiger partial charge in [-0.3, -0.25) is 14.4 Å². The molecule has 1 amide bonds. The van der Waals surface area contributed by atoms with Crippen molar-refractivity contribution in [1.82, 2.24) is 19.6 Å². The van der Waals surface area contributed by atoms with E-state index in [2.05, 4.69) is 16.5 Å². The van der Waals surface area contributed by atoms with Gasteiger partial charge < -0.3 is 14.4 Å². The number of aryl methyl sites for hydroxylation is 1. The fraction of sp³-hybridized carbons (Fsp3) is 0.524. The molecule has 1 saturated heterocycles. The Morgan fingerprint density at radius 2 is 1.97 bits per heavy atom. The van der Waals surface area contributed by atoms with Crippen molar-refractivity contribution >= 4 is 5.91 Å². The number of piperazine rings is 1. The van der Waals surface area contributed by atoms with Gasteiger partial charge in [-0.1, -0.05) is 0 Å². The molecule has 1 fully saturated rings. The Hall–Kier alpha value is -2.45. The minimum Gasteiger partial charge on any atom is -0.484 e. The molecule has 0 unspecified atom stereocenters. The molecule has 0 bridgehead atoms. The summed E-state index contributed by atoms with van der Waals surface area (Å²) in [6.45, 7) is 8.09. The third-order valence-electron chi connectivity index (χ3n) is 5.55. The lowest BCUT2D eigenvalue weighted by Gasteiger charge is -2.34. The molecular weight excluding hydrogens is 375 g/mol. The predicted molar refractivity (Wildman–Crippen MR) is 105 cm³/mol. The van der Waals surface area contributed by atoms with E-state index in [4.69, 9.17) is 14.6 Å². The van der Waals surface area contributed by atoms with Crippen molar-refractivity contribution < 1.29 is 18.7 Å². The summed E-state index contributed by atoms with van der Waals surface area (Å²) in [5, 5.41) is 4.80. The van der Waals surface area contributed by atoms with Gasteiger partial charge in [0.1, 0.15) is 11.6 Å². The summed E-state index contributed by atoms with van der Waals surface area (Å²) in [6.07, 6.45) is 0.923. The van der Waals surface area contributed by atoms with Crippen LogP contribution >= 0.6 is 0 Å². The molecule has 1 aromatic carbocycles. The Balaban J connectivity index is 1.28. The van der Waals surface area contributed by atoms with E-state index in [0.29, 0.717) is 25.4 Å². The summed E-state index contributed by atoms with van der Waals surface area (Å²) in [4.78, 5) is 16.6. The highest BCUT2D eigenvalue weighted by atomic mass is 19.1. The standard InChI is InChI=1S/C21H27FN4O3/c1-2-26-20-7-12-28-14-18(20)19(23-26)13-24-8-10-25(11-9-24)21(27)15-29-17-5-3-16(22)4-6-17/h3-6H,2,7-15H2,1H3. The number of fused-ring (bicyclic) bond motifs is 1. The van der Waals surface area contributed by atoms with Crippen molar-refractivity contribution in [2.45, 2.75) is 33.0 Å². The highest BCUT2D eigenvalue weighted by Gasteiger charge is 2.25. The Labute approximate surface area is 170 Å². The third kappa shape index (κ3) is 4.59. The topological polar surface area (TPSA) is 59.8 Å². The summed E-state index contributed by atoms with van der Waals surface area (Å²) in [5.41, 5.74) is 3.64. The molecule has 8 heteroatoms. The molecule has 7 nitrogen and oxygen atoms in total. The van der Waals surface area contributed by atoms with Gasteiger partial charge >= 0.3 is 0 Å². The van der Waals surface area contributed by atoms with E-state index in [1.54, 1.807) is 0 Å². The van der Waals surface area contributed by atoms with E-state index in [0.717, 1.165) is 44.9 Å². The molecule has 2 aliphatic rings. The number of aromatic nitrogens is 2. The van der Waals surface area contributed by atoms with Gasteiger partial charge in [-0.25, -0.2) is 4.39 Å². The van der Waals surface area contributed by atoms with E-state index in [1.165, 1.54) is 35.5 Å². The lowest BCUT2D eigenvalue weighted by atomic mass is 10.1. The van der Waals surface area contributed by atoms with Crippen LogP contribution in [-0.4, -0.2) is 64.9 Å². The molecule has 0 radical (unpaired) electrons. The summed E-state index contributed by atoms with van der Waals surface area (Å²) in [5.74, 6) is 0.128. The predicted octanol–water partition coefficient (Wildman–Crippen LogP) is 1.84. The van der Waals surface area contributed by atoms with E-state index < -0.39 is 0 Å². The summed E-state index contributed by atoms with van der Waals surface area (Å²) < 4.78 is 26.2. The van der Waals surface area contributed by atoms with E-state index >= 15 is 0 Å². The lowest BCUT2D eigenvalue weighted by molar-refractivity contribution is -0.135. The zero-order chi connectivity index (χ0) is 20.2. The van der Waals surface area contributed by atoms with Gasteiger partial charge in [-0.15, -0.1) is 0 Å². The fourth-order valence-corrected chi connectivity index (χ4v) is 3.90. The maximum atomic E-state index is 12.9. The van der Waals surface area contributed by atoms with Crippen molar-refractivity contribution in [2.75, 3.05) is 39.4 Å². The Morgan fingerprint density at radius 3 is 2.69 bits per heavy atom. The van der Waals surface area contributed by atoms with Gasteiger partial charge in [0.25, 0.3) is 5.91 Å². The SMILES string of the molecule is CCn1nc(CN2CCN(C(=O)COc3ccc(F)cc3)CC2)c2c1CCOC2. The molecule has 0 saturated carbocycles. The number of ether oxygens (including phenoxy) is 2. The first-order valence-corrected chi connectivity index (χ1v) is 10.2. The molecule has 3 heterocycles. The van der Waals surface area contributed by atoms with Crippen LogP contribution in [0.15, 0.2) is 24.3 Å². The van der Waals surface area contributed by atoms with Gasteiger partial charge in [0.15, 0.2) is 6.61 Å². The molecule has 4 rings (SSSR count). The van der Waals surface area contributed by atoms with Crippen molar-refractivity contribution in [2.24, 2.45) is 0 Å². The lowest BCUT2D eigenvalue weighted by Crippen LogP contribution is -2.49. The summed E-state index contributed by atoms with van der Waals surface area (Å²) in [7, 11) is 0. The second kappa shape index (κ2) is 8.92.